The molecule has 84 valence electrons. The Morgan fingerprint density at radius 1 is 1.00 bits per heavy atom. The van der Waals surface area contributed by atoms with Gasteiger partial charge in [0.1, 0.15) is 0 Å². The Kier molecular flexibility index (Phi) is 1.94. The van der Waals surface area contributed by atoms with Crippen molar-refractivity contribution in [1.82, 2.24) is 19.8 Å². The first kappa shape index (κ1) is 9.59. The zero-order chi connectivity index (χ0) is 11.8. The van der Waals surface area contributed by atoms with Gasteiger partial charge in [-0.2, -0.15) is 9.61 Å². The number of hydrogen-bond acceptors (Lipinski definition) is 5. The van der Waals surface area contributed by atoms with Gasteiger partial charge in [-0.05, 0) is 30.3 Å². The highest BCUT2D eigenvalue weighted by Crippen LogP contribution is 2.22. The lowest BCUT2D eigenvalue weighted by Gasteiger charge is -2.02. The first-order valence-electron chi connectivity index (χ1n) is 5.07. The molecule has 2 aromatic heterocycles. The molecule has 3 aromatic rings. The minimum absolute atomic E-state index is 0.590. The minimum atomic E-state index is 0.590. The van der Waals surface area contributed by atoms with Crippen LogP contribution in [0.1, 0.15) is 0 Å². The van der Waals surface area contributed by atoms with Crippen LogP contribution in [0.25, 0.3) is 17.0 Å². The Morgan fingerprint density at radius 2 is 1.76 bits per heavy atom. The SMILES string of the molecule is Nc1cc(N)cc(-c2nnc3cccnn23)c1. The van der Waals surface area contributed by atoms with Crippen LogP contribution in [-0.2, 0) is 0 Å². The fourth-order valence-electron chi connectivity index (χ4n) is 1.73. The Morgan fingerprint density at radius 3 is 2.53 bits per heavy atom. The van der Waals surface area contributed by atoms with E-state index in [9.17, 15) is 0 Å². The van der Waals surface area contributed by atoms with Crippen molar-refractivity contribution >= 4 is 17.0 Å². The van der Waals surface area contributed by atoms with Crippen molar-refractivity contribution in [1.29, 1.82) is 0 Å². The predicted molar refractivity (Wildman–Crippen MR) is 65.0 cm³/mol. The number of anilines is 2. The second-order valence-corrected chi connectivity index (χ2v) is 3.71. The molecule has 6 nitrogen and oxygen atoms in total. The summed E-state index contributed by atoms with van der Waals surface area (Å²) < 4.78 is 1.65. The molecule has 4 N–H and O–H groups in total. The van der Waals surface area contributed by atoms with E-state index in [1.54, 1.807) is 28.9 Å². The topological polar surface area (TPSA) is 95.1 Å². The third kappa shape index (κ3) is 1.55. The summed E-state index contributed by atoms with van der Waals surface area (Å²) in [6, 6.07) is 8.92. The van der Waals surface area contributed by atoms with Gasteiger partial charge in [-0.3, -0.25) is 0 Å². The summed E-state index contributed by atoms with van der Waals surface area (Å²) >= 11 is 0. The van der Waals surface area contributed by atoms with Crippen LogP contribution >= 0.6 is 0 Å². The number of nitrogen functional groups attached to an aromatic ring is 2. The van der Waals surface area contributed by atoms with Crippen LogP contribution in [-0.4, -0.2) is 19.8 Å². The van der Waals surface area contributed by atoms with Gasteiger partial charge in [-0.25, -0.2) is 0 Å². The zero-order valence-corrected chi connectivity index (χ0v) is 8.91. The van der Waals surface area contributed by atoms with Crippen molar-refractivity contribution in [3.8, 4) is 11.4 Å². The average molecular weight is 226 g/mol. The van der Waals surface area contributed by atoms with Gasteiger partial charge < -0.3 is 11.5 Å². The molecule has 0 fully saturated rings. The van der Waals surface area contributed by atoms with Gasteiger partial charge in [0.25, 0.3) is 0 Å². The van der Waals surface area contributed by atoms with E-state index in [4.69, 9.17) is 11.5 Å². The standard InChI is InChI=1S/C11H10N6/c12-8-4-7(5-9(13)6-8)11-16-15-10-2-1-3-14-17(10)11/h1-6H,12-13H2. The predicted octanol–water partition coefficient (Wildman–Crippen LogP) is 0.956. The van der Waals surface area contributed by atoms with Crippen molar-refractivity contribution in [3.63, 3.8) is 0 Å². The van der Waals surface area contributed by atoms with Crippen molar-refractivity contribution in [2.75, 3.05) is 11.5 Å². The molecule has 0 aliphatic carbocycles. The summed E-state index contributed by atoms with van der Waals surface area (Å²) in [4.78, 5) is 0. The molecule has 0 saturated heterocycles. The van der Waals surface area contributed by atoms with E-state index < -0.39 is 0 Å². The number of hydrogen-bond donors (Lipinski definition) is 2. The highest BCUT2D eigenvalue weighted by Gasteiger charge is 2.09. The van der Waals surface area contributed by atoms with Crippen LogP contribution in [0.5, 0.6) is 0 Å². The molecule has 0 aliphatic rings. The normalized spacial score (nSPS) is 10.8. The Bertz CT molecular complexity index is 667. The molecule has 6 heteroatoms. The zero-order valence-electron chi connectivity index (χ0n) is 8.91. The Labute approximate surface area is 96.9 Å². The van der Waals surface area contributed by atoms with E-state index in [0.29, 0.717) is 22.8 Å². The molecule has 2 heterocycles. The molecule has 0 bridgehead atoms. The van der Waals surface area contributed by atoms with Crippen LogP contribution in [0.15, 0.2) is 36.5 Å². The van der Waals surface area contributed by atoms with Gasteiger partial charge in [-0.15, -0.1) is 10.2 Å². The summed E-state index contributed by atoms with van der Waals surface area (Å²) in [5.74, 6) is 0.625. The van der Waals surface area contributed by atoms with Crippen molar-refractivity contribution in [2.24, 2.45) is 0 Å². The summed E-state index contributed by atoms with van der Waals surface area (Å²) in [6.07, 6.45) is 1.68. The Hall–Kier alpha value is -2.63. The summed E-state index contributed by atoms with van der Waals surface area (Å²) in [5, 5.41) is 12.3. The van der Waals surface area contributed by atoms with Crippen molar-refractivity contribution in [2.45, 2.75) is 0 Å². The fraction of sp³-hybridized carbons (Fsp3) is 0. The van der Waals surface area contributed by atoms with E-state index in [2.05, 4.69) is 15.3 Å². The smallest absolute Gasteiger partial charge is 0.185 e. The number of rotatable bonds is 1. The van der Waals surface area contributed by atoms with Crippen LogP contribution in [0, 0.1) is 0 Å². The summed E-state index contributed by atoms with van der Waals surface area (Å²) in [6.45, 7) is 0. The summed E-state index contributed by atoms with van der Waals surface area (Å²) in [7, 11) is 0. The van der Waals surface area contributed by atoms with Crippen molar-refractivity contribution in [3.05, 3.63) is 36.5 Å². The lowest BCUT2D eigenvalue weighted by molar-refractivity contribution is 0.936. The molecule has 0 radical (unpaired) electrons. The number of benzene rings is 1. The Balaban J connectivity index is 2.27. The molecule has 0 spiro atoms. The number of fused-ring (bicyclic) bond motifs is 1. The molecule has 3 rings (SSSR count). The monoisotopic (exact) mass is 226 g/mol. The van der Waals surface area contributed by atoms with E-state index in [-0.39, 0.29) is 0 Å². The summed E-state index contributed by atoms with van der Waals surface area (Å²) in [5.41, 5.74) is 14.2. The lowest BCUT2D eigenvalue weighted by atomic mass is 10.1. The highest BCUT2D eigenvalue weighted by atomic mass is 15.4. The van der Waals surface area contributed by atoms with Gasteiger partial charge in [-0.1, -0.05) is 0 Å². The van der Waals surface area contributed by atoms with Crippen LogP contribution in [0.4, 0.5) is 11.4 Å². The second-order valence-electron chi connectivity index (χ2n) is 3.71. The van der Waals surface area contributed by atoms with Crippen LogP contribution in [0.2, 0.25) is 0 Å². The highest BCUT2D eigenvalue weighted by molar-refractivity contribution is 5.69. The van der Waals surface area contributed by atoms with Gasteiger partial charge >= 0.3 is 0 Å². The van der Waals surface area contributed by atoms with Crippen LogP contribution < -0.4 is 11.5 Å². The van der Waals surface area contributed by atoms with Gasteiger partial charge in [0.2, 0.25) is 0 Å². The quantitative estimate of drug-likeness (QED) is 0.602. The molecule has 0 saturated carbocycles. The maximum absolute atomic E-state index is 5.75. The third-order valence-electron chi connectivity index (χ3n) is 2.41. The number of nitrogens with zero attached hydrogens (tertiary/aromatic N) is 4. The fourth-order valence-corrected chi connectivity index (χ4v) is 1.73. The molecule has 0 aliphatic heterocycles. The molecule has 17 heavy (non-hydrogen) atoms. The first-order chi connectivity index (χ1) is 8.24. The van der Waals surface area contributed by atoms with Gasteiger partial charge in [0.05, 0.1) is 0 Å². The maximum atomic E-state index is 5.75. The second kappa shape index (κ2) is 3.44. The molecule has 1 aromatic carbocycles. The first-order valence-corrected chi connectivity index (χ1v) is 5.07. The number of aromatic nitrogens is 4. The molecular formula is C11H10N6. The van der Waals surface area contributed by atoms with E-state index in [1.165, 1.54) is 0 Å². The minimum Gasteiger partial charge on any atom is -0.399 e. The molecular weight excluding hydrogens is 216 g/mol. The van der Waals surface area contributed by atoms with E-state index in [1.807, 2.05) is 12.1 Å². The average Bonchev–Trinajstić information content (AvgIpc) is 2.71. The largest absolute Gasteiger partial charge is 0.399 e. The van der Waals surface area contributed by atoms with E-state index in [0.717, 1.165) is 5.56 Å². The lowest BCUT2D eigenvalue weighted by Crippen LogP contribution is -1.96. The maximum Gasteiger partial charge on any atom is 0.185 e. The van der Waals surface area contributed by atoms with Gasteiger partial charge in [0, 0.05) is 23.1 Å². The molecule has 0 amide bonds. The molecule has 0 unspecified atom stereocenters. The van der Waals surface area contributed by atoms with Crippen LogP contribution in [0.3, 0.4) is 0 Å². The van der Waals surface area contributed by atoms with Crippen molar-refractivity contribution < 1.29 is 0 Å². The number of nitrogens with two attached hydrogens (primary N) is 2. The van der Waals surface area contributed by atoms with E-state index >= 15 is 0 Å². The third-order valence-corrected chi connectivity index (χ3v) is 2.41. The van der Waals surface area contributed by atoms with Gasteiger partial charge in [0.15, 0.2) is 11.5 Å². The molecule has 0 atom stereocenters.